The van der Waals surface area contributed by atoms with E-state index in [4.69, 9.17) is 14.2 Å². The van der Waals surface area contributed by atoms with Crippen LogP contribution < -0.4 is 20.7 Å². The number of aryl methyl sites for hydroxylation is 1. The second-order valence-electron chi connectivity index (χ2n) is 11.6. The van der Waals surface area contributed by atoms with E-state index in [9.17, 15) is 14.3 Å². The third-order valence-electron chi connectivity index (χ3n) is 7.42. The SMILES string of the molecule is CC1(C)OCc2cc([C@H](O)CNCCCCCCOCCCCc3cccc(NC(=O)Nc4ccc(F)cc4)c3)ccc2O1. The van der Waals surface area contributed by atoms with Crippen LogP contribution in [-0.2, 0) is 22.5 Å². The molecule has 2 amide bonds. The lowest BCUT2D eigenvalue weighted by atomic mass is 10.0. The predicted octanol–water partition coefficient (Wildman–Crippen LogP) is 7.34. The normalized spacial score (nSPS) is 14.4. The number of anilines is 2. The highest BCUT2D eigenvalue weighted by atomic mass is 19.1. The highest BCUT2D eigenvalue weighted by Crippen LogP contribution is 2.32. The molecule has 0 aliphatic carbocycles. The number of hydrogen-bond donors (Lipinski definition) is 4. The van der Waals surface area contributed by atoms with Crippen molar-refractivity contribution in [1.29, 1.82) is 0 Å². The number of urea groups is 1. The second-order valence-corrected chi connectivity index (χ2v) is 11.6. The van der Waals surface area contributed by atoms with Gasteiger partial charge in [-0.15, -0.1) is 0 Å². The summed E-state index contributed by atoms with van der Waals surface area (Å²) in [7, 11) is 0. The fourth-order valence-corrected chi connectivity index (χ4v) is 5.00. The molecule has 1 heterocycles. The van der Waals surface area contributed by atoms with Gasteiger partial charge in [0.2, 0.25) is 5.79 Å². The Morgan fingerprint density at radius 2 is 1.68 bits per heavy atom. The summed E-state index contributed by atoms with van der Waals surface area (Å²) in [5.74, 6) is -0.145. The topological polar surface area (TPSA) is 101 Å². The van der Waals surface area contributed by atoms with Gasteiger partial charge in [0.15, 0.2) is 0 Å². The summed E-state index contributed by atoms with van der Waals surface area (Å²) >= 11 is 0. The van der Waals surface area contributed by atoms with Gasteiger partial charge in [-0.25, -0.2) is 9.18 Å². The molecule has 1 aliphatic rings. The van der Waals surface area contributed by atoms with Crippen LogP contribution in [0.25, 0.3) is 0 Å². The van der Waals surface area contributed by atoms with Crippen LogP contribution in [0, 0.1) is 5.82 Å². The van der Waals surface area contributed by atoms with Crippen molar-refractivity contribution < 1.29 is 28.5 Å². The molecular formula is C35H46FN3O5. The Balaban J connectivity index is 0.973. The van der Waals surface area contributed by atoms with Crippen molar-refractivity contribution in [3.05, 3.63) is 89.2 Å². The molecule has 1 atom stereocenters. The third kappa shape index (κ3) is 11.5. The van der Waals surface area contributed by atoms with E-state index in [0.29, 0.717) is 18.8 Å². The molecule has 9 heteroatoms. The molecule has 0 spiro atoms. The Kier molecular flexibility index (Phi) is 13.0. The van der Waals surface area contributed by atoms with E-state index in [-0.39, 0.29) is 11.8 Å². The number of fused-ring (bicyclic) bond motifs is 1. The van der Waals surface area contributed by atoms with Gasteiger partial charge >= 0.3 is 6.03 Å². The highest BCUT2D eigenvalue weighted by Gasteiger charge is 2.27. The van der Waals surface area contributed by atoms with Crippen molar-refractivity contribution in [3.8, 4) is 5.75 Å². The van der Waals surface area contributed by atoms with Crippen molar-refractivity contribution >= 4 is 17.4 Å². The van der Waals surface area contributed by atoms with Crippen LogP contribution in [-0.4, -0.2) is 43.2 Å². The summed E-state index contributed by atoms with van der Waals surface area (Å²) in [6.07, 6.45) is 6.70. The Bertz CT molecular complexity index is 1320. The number of benzene rings is 3. The van der Waals surface area contributed by atoms with Gasteiger partial charge in [-0.1, -0.05) is 31.0 Å². The first-order valence-corrected chi connectivity index (χ1v) is 15.6. The molecule has 8 nitrogen and oxygen atoms in total. The van der Waals surface area contributed by atoms with Crippen molar-refractivity contribution in [2.75, 3.05) is 36.9 Å². The average molecular weight is 608 g/mol. The number of carbonyl (C=O) groups is 1. The van der Waals surface area contributed by atoms with Crippen LogP contribution in [0.5, 0.6) is 5.75 Å². The van der Waals surface area contributed by atoms with E-state index in [1.807, 2.05) is 50.2 Å². The summed E-state index contributed by atoms with van der Waals surface area (Å²) in [5.41, 5.74) is 4.24. The zero-order valence-corrected chi connectivity index (χ0v) is 25.9. The highest BCUT2D eigenvalue weighted by molar-refractivity contribution is 5.99. The third-order valence-corrected chi connectivity index (χ3v) is 7.42. The summed E-state index contributed by atoms with van der Waals surface area (Å²) < 4.78 is 30.4. The number of ether oxygens (including phenoxy) is 3. The van der Waals surface area contributed by atoms with E-state index in [1.165, 1.54) is 24.3 Å². The molecule has 0 bridgehead atoms. The van der Waals surface area contributed by atoms with Gasteiger partial charge in [-0.05, 0) is 98.3 Å². The minimum atomic E-state index is -0.618. The molecule has 0 saturated heterocycles. The van der Waals surface area contributed by atoms with E-state index in [1.54, 1.807) is 0 Å². The van der Waals surface area contributed by atoms with Crippen molar-refractivity contribution in [2.45, 2.75) is 77.3 Å². The minimum absolute atomic E-state index is 0.345. The van der Waals surface area contributed by atoms with Crippen LogP contribution in [0.15, 0.2) is 66.7 Å². The first kappa shape index (κ1) is 33.4. The molecule has 3 aromatic rings. The molecule has 238 valence electrons. The molecule has 1 aliphatic heterocycles. The molecule has 0 radical (unpaired) electrons. The number of rotatable bonds is 17. The van der Waals surface area contributed by atoms with E-state index >= 15 is 0 Å². The number of carbonyl (C=O) groups excluding carboxylic acids is 1. The molecule has 0 saturated carbocycles. The zero-order chi connectivity index (χ0) is 31.2. The summed E-state index contributed by atoms with van der Waals surface area (Å²) in [6.45, 7) is 7.18. The Morgan fingerprint density at radius 3 is 2.50 bits per heavy atom. The monoisotopic (exact) mass is 607 g/mol. The standard InChI is InChI=1S/C35H46FN3O5/c1-35(2)43-25-28-23-27(13-18-33(28)44-35)32(40)24-37-19-6-3-4-7-20-42-21-8-5-10-26-11-9-12-31(22-26)39-34(41)38-30-16-14-29(36)15-17-30/h9,11-18,22-23,32,37,40H,3-8,10,19-21,24-25H2,1-2H3,(H2,38,39,41)/t32-/m1/s1. The first-order valence-electron chi connectivity index (χ1n) is 15.6. The number of unbranched alkanes of at least 4 members (excludes halogenated alkanes) is 4. The van der Waals surface area contributed by atoms with Crippen molar-refractivity contribution in [1.82, 2.24) is 5.32 Å². The molecule has 4 rings (SSSR count). The van der Waals surface area contributed by atoms with Crippen LogP contribution in [0.3, 0.4) is 0 Å². The minimum Gasteiger partial charge on any atom is -0.463 e. The number of halogens is 1. The number of hydrogen-bond acceptors (Lipinski definition) is 6. The lowest BCUT2D eigenvalue weighted by molar-refractivity contribution is -0.180. The van der Waals surface area contributed by atoms with Crippen molar-refractivity contribution in [3.63, 3.8) is 0 Å². The molecule has 3 aromatic carbocycles. The van der Waals surface area contributed by atoms with Gasteiger partial charge in [0.25, 0.3) is 0 Å². The molecular weight excluding hydrogens is 561 g/mol. The van der Waals surface area contributed by atoms with Crippen LogP contribution >= 0.6 is 0 Å². The Morgan fingerprint density at radius 1 is 0.932 bits per heavy atom. The fraction of sp³-hybridized carbons (Fsp3) is 0.457. The van der Waals surface area contributed by atoms with Crippen LogP contribution in [0.4, 0.5) is 20.6 Å². The smallest absolute Gasteiger partial charge is 0.323 e. The Hall–Kier alpha value is -3.50. The van der Waals surface area contributed by atoms with Gasteiger partial charge in [0.05, 0.1) is 12.7 Å². The maximum atomic E-state index is 13.0. The van der Waals surface area contributed by atoms with Gasteiger partial charge in [0.1, 0.15) is 11.6 Å². The van der Waals surface area contributed by atoms with Gasteiger partial charge in [-0.2, -0.15) is 0 Å². The number of amides is 2. The molecule has 0 fully saturated rings. The number of aliphatic hydroxyl groups is 1. The first-order chi connectivity index (χ1) is 21.3. The quantitative estimate of drug-likeness (QED) is 0.120. The largest absolute Gasteiger partial charge is 0.463 e. The average Bonchev–Trinajstić information content (AvgIpc) is 3.00. The van der Waals surface area contributed by atoms with E-state index in [0.717, 1.165) is 92.8 Å². The number of nitrogens with one attached hydrogen (secondary N) is 3. The lowest BCUT2D eigenvalue weighted by Gasteiger charge is -2.33. The lowest BCUT2D eigenvalue weighted by Crippen LogP contribution is -2.35. The molecule has 4 N–H and O–H groups in total. The maximum absolute atomic E-state index is 13.0. The fourth-order valence-electron chi connectivity index (χ4n) is 5.00. The molecule has 44 heavy (non-hydrogen) atoms. The van der Waals surface area contributed by atoms with Crippen molar-refractivity contribution in [2.24, 2.45) is 0 Å². The summed E-state index contributed by atoms with van der Waals surface area (Å²) in [5, 5.41) is 19.4. The van der Waals surface area contributed by atoms with Gasteiger partial charge in [0, 0.05) is 50.5 Å². The zero-order valence-electron chi connectivity index (χ0n) is 25.9. The second kappa shape index (κ2) is 17.1. The van der Waals surface area contributed by atoms with Crippen LogP contribution in [0.1, 0.15) is 75.2 Å². The van der Waals surface area contributed by atoms with Gasteiger partial charge in [-0.3, -0.25) is 0 Å². The van der Waals surface area contributed by atoms with Gasteiger partial charge < -0.3 is 35.3 Å². The molecule has 0 unspecified atom stereocenters. The summed E-state index contributed by atoms with van der Waals surface area (Å²) in [6, 6.07) is 18.9. The summed E-state index contributed by atoms with van der Waals surface area (Å²) in [4.78, 5) is 12.2. The number of aliphatic hydroxyl groups excluding tert-OH is 1. The maximum Gasteiger partial charge on any atom is 0.323 e. The Labute approximate surface area is 260 Å². The predicted molar refractivity (Wildman–Crippen MR) is 171 cm³/mol. The molecule has 0 aromatic heterocycles. The van der Waals surface area contributed by atoms with Crippen LogP contribution in [0.2, 0.25) is 0 Å². The van der Waals surface area contributed by atoms with E-state index < -0.39 is 11.9 Å². The van der Waals surface area contributed by atoms with E-state index in [2.05, 4.69) is 22.0 Å².